The van der Waals surface area contributed by atoms with E-state index in [1.165, 1.54) is 5.56 Å². The Labute approximate surface area is 138 Å². The molecular formula is C19H26N2O2. The Bertz CT molecular complexity index is 626. The van der Waals surface area contributed by atoms with Crippen LogP contribution in [0.5, 0.6) is 0 Å². The van der Waals surface area contributed by atoms with Gasteiger partial charge < -0.3 is 10.2 Å². The van der Waals surface area contributed by atoms with Crippen molar-refractivity contribution in [2.75, 3.05) is 18.4 Å². The van der Waals surface area contributed by atoms with Gasteiger partial charge in [0.25, 0.3) is 0 Å². The Morgan fingerprint density at radius 3 is 2.39 bits per heavy atom. The number of carbonyl (C=O) groups is 2. The van der Waals surface area contributed by atoms with Gasteiger partial charge in [0.05, 0.1) is 0 Å². The summed E-state index contributed by atoms with van der Waals surface area (Å²) >= 11 is 0. The van der Waals surface area contributed by atoms with Gasteiger partial charge in [-0.15, -0.1) is 0 Å². The summed E-state index contributed by atoms with van der Waals surface area (Å²) < 4.78 is 0. The van der Waals surface area contributed by atoms with Gasteiger partial charge in [-0.25, -0.2) is 0 Å². The monoisotopic (exact) mass is 314 g/mol. The van der Waals surface area contributed by atoms with Gasteiger partial charge in [0.1, 0.15) is 5.41 Å². The van der Waals surface area contributed by atoms with Gasteiger partial charge in [0.2, 0.25) is 11.8 Å². The fourth-order valence-electron chi connectivity index (χ4n) is 3.37. The summed E-state index contributed by atoms with van der Waals surface area (Å²) in [5.41, 5.74) is 2.21. The third-order valence-corrected chi connectivity index (χ3v) is 5.29. The fourth-order valence-corrected chi connectivity index (χ4v) is 3.37. The minimum absolute atomic E-state index is 0.0339. The molecule has 0 atom stereocenters. The van der Waals surface area contributed by atoms with E-state index < -0.39 is 5.41 Å². The maximum Gasteiger partial charge on any atom is 0.240 e. The number of rotatable bonds is 3. The first-order chi connectivity index (χ1) is 10.9. The Kier molecular flexibility index (Phi) is 4.17. The molecule has 0 spiro atoms. The molecule has 3 rings (SSSR count). The number of benzene rings is 1. The molecule has 2 fully saturated rings. The van der Waals surface area contributed by atoms with Crippen LogP contribution >= 0.6 is 0 Å². The summed E-state index contributed by atoms with van der Waals surface area (Å²) in [5, 5.41) is 2.98. The number of carbonyl (C=O) groups excluding carboxylic acids is 2. The van der Waals surface area contributed by atoms with Crippen LogP contribution < -0.4 is 5.32 Å². The van der Waals surface area contributed by atoms with Gasteiger partial charge in [-0.1, -0.05) is 24.6 Å². The zero-order chi connectivity index (χ0) is 16.6. The maximum absolute atomic E-state index is 12.8. The number of hydrogen-bond acceptors (Lipinski definition) is 2. The molecule has 4 nitrogen and oxygen atoms in total. The van der Waals surface area contributed by atoms with E-state index >= 15 is 0 Å². The van der Waals surface area contributed by atoms with Crippen LogP contribution in [0.3, 0.4) is 0 Å². The Morgan fingerprint density at radius 2 is 1.83 bits per heavy atom. The van der Waals surface area contributed by atoms with Crippen LogP contribution in [0.2, 0.25) is 0 Å². The van der Waals surface area contributed by atoms with E-state index in [1.54, 1.807) is 0 Å². The summed E-state index contributed by atoms with van der Waals surface area (Å²) in [7, 11) is 0. The van der Waals surface area contributed by atoms with E-state index in [9.17, 15) is 9.59 Å². The van der Waals surface area contributed by atoms with Crippen LogP contribution in [-0.2, 0) is 9.59 Å². The number of likely N-dealkylation sites (tertiary alicyclic amines) is 1. The highest BCUT2D eigenvalue weighted by molar-refractivity contribution is 6.13. The summed E-state index contributed by atoms with van der Waals surface area (Å²) in [6.07, 6.45) is 3.43. The molecule has 1 aromatic rings. The minimum atomic E-state index is -0.808. The van der Waals surface area contributed by atoms with Crippen LogP contribution in [-0.4, -0.2) is 29.8 Å². The number of nitrogens with zero attached hydrogens (tertiary/aromatic N) is 1. The lowest BCUT2D eigenvalue weighted by Crippen LogP contribution is -2.46. The fraction of sp³-hybridized carbons (Fsp3) is 0.579. The second kappa shape index (κ2) is 5.99. The van der Waals surface area contributed by atoms with Crippen molar-refractivity contribution in [1.29, 1.82) is 0 Å². The highest BCUT2D eigenvalue weighted by Gasteiger charge is 2.58. The quantitative estimate of drug-likeness (QED) is 0.870. The summed E-state index contributed by atoms with van der Waals surface area (Å²) in [6.45, 7) is 7.82. The first-order valence-electron chi connectivity index (χ1n) is 8.60. The van der Waals surface area contributed by atoms with Crippen LogP contribution in [0, 0.1) is 25.2 Å². The molecule has 1 saturated carbocycles. The summed E-state index contributed by atoms with van der Waals surface area (Å²) in [4.78, 5) is 27.4. The van der Waals surface area contributed by atoms with Crippen molar-refractivity contribution in [2.24, 2.45) is 11.3 Å². The normalized spacial score (nSPS) is 20.2. The molecule has 1 aromatic carbocycles. The summed E-state index contributed by atoms with van der Waals surface area (Å²) in [5.74, 6) is 0.581. The van der Waals surface area contributed by atoms with Gasteiger partial charge in [-0.2, -0.15) is 0 Å². The smallest absolute Gasteiger partial charge is 0.240 e. The van der Waals surface area contributed by atoms with Gasteiger partial charge in [-0.05, 0) is 57.1 Å². The molecule has 4 heteroatoms. The topological polar surface area (TPSA) is 49.4 Å². The first-order valence-corrected chi connectivity index (χ1v) is 8.60. The Hall–Kier alpha value is -1.84. The van der Waals surface area contributed by atoms with Crippen LogP contribution in [0.4, 0.5) is 5.69 Å². The lowest BCUT2D eigenvalue weighted by Gasteiger charge is -2.32. The molecule has 2 amide bonds. The second-order valence-electron chi connectivity index (χ2n) is 7.33. The van der Waals surface area contributed by atoms with E-state index in [-0.39, 0.29) is 11.8 Å². The molecule has 23 heavy (non-hydrogen) atoms. The number of amides is 2. The molecule has 0 unspecified atom stereocenters. The second-order valence-corrected chi connectivity index (χ2v) is 7.33. The van der Waals surface area contributed by atoms with E-state index in [0.717, 1.165) is 37.2 Å². The lowest BCUT2D eigenvalue weighted by atomic mass is 9.96. The molecule has 1 saturated heterocycles. The average molecular weight is 314 g/mol. The Morgan fingerprint density at radius 1 is 1.17 bits per heavy atom. The minimum Gasteiger partial charge on any atom is -0.342 e. The van der Waals surface area contributed by atoms with E-state index in [2.05, 4.69) is 12.2 Å². The van der Waals surface area contributed by atoms with Gasteiger partial charge in [0.15, 0.2) is 0 Å². The highest BCUT2D eigenvalue weighted by Crippen LogP contribution is 2.48. The van der Waals surface area contributed by atoms with Crippen molar-refractivity contribution in [3.63, 3.8) is 0 Å². The van der Waals surface area contributed by atoms with Gasteiger partial charge in [0, 0.05) is 18.8 Å². The highest BCUT2D eigenvalue weighted by atomic mass is 16.2. The SMILES string of the molecule is Cc1ccc(NC(=O)C2(C(=O)N3CCC(C)CC3)CC2)c(C)c1. The molecule has 124 valence electrons. The Balaban J connectivity index is 1.70. The maximum atomic E-state index is 12.8. The molecule has 1 N–H and O–H groups in total. The van der Waals surface area contributed by atoms with E-state index in [1.807, 2.05) is 36.9 Å². The van der Waals surface area contributed by atoms with Crippen molar-refractivity contribution in [3.05, 3.63) is 29.3 Å². The van der Waals surface area contributed by atoms with Crippen molar-refractivity contribution >= 4 is 17.5 Å². The first kappa shape index (κ1) is 16.0. The number of nitrogens with one attached hydrogen (secondary N) is 1. The van der Waals surface area contributed by atoms with E-state index in [4.69, 9.17) is 0 Å². The number of aryl methyl sites for hydroxylation is 2. The standard InChI is InChI=1S/C19H26N2O2/c1-13-6-10-21(11-7-13)18(23)19(8-9-19)17(22)20-16-5-4-14(2)12-15(16)3/h4-5,12-13H,6-11H2,1-3H3,(H,20,22). The van der Waals surface area contributed by atoms with Crippen LogP contribution in [0.25, 0.3) is 0 Å². The zero-order valence-corrected chi connectivity index (χ0v) is 14.3. The van der Waals surface area contributed by atoms with Crippen molar-refractivity contribution in [3.8, 4) is 0 Å². The number of hydrogen-bond donors (Lipinski definition) is 1. The molecule has 1 heterocycles. The zero-order valence-electron chi connectivity index (χ0n) is 14.3. The predicted molar refractivity (Wildman–Crippen MR) is 91.2 cm³/mol. The largest absolute Gasteiger partial charge is 0.342 e. The van der Waals surface area contributed by atoms with Crippen molar-refractivity contribution < 1.29 is 9.59 Å². The lowest BCUT2D eigenvalue weighted by molar-refractivity contribution is -0.143. The average Bonchev–Trinajstić information content (AvgIpc) is 3.32. The van der Waals surface area contributed by atoms with Gasteiger partial charge >= 0.3 is 0 Å². The molecule has 0 radical (unpaired) electrons. The summed E-state index contributed by atoms with van der Waals surface area (Å²) in [6, 6.07) is 5.95. The van der Waals surface area contributed by atoms with E-state index in [0.29, 0.717) is 18.8 Å². The van der Waals surface area contributed by atoms with Crippen molar-refractivity contribution in [2.45, 2.75) is 46.5 Å². The third-order valence-electron chi connectivity index (χ3n) is 5.29. The molecule has 0 bridgehead atoms. The van der Waals surface area contributed by atoms with Crippen LogP contribution in [0.15, 0.2) is 18.2 Å². The van der Waals surface area contributed by atoms with Crippen molar-refractivity contribution in [1.82, 2.24) is 4.90 Å². The molecule has 2 aliphatic rings. The molecule has 1 aliphatic heterocycles. The predicted octanol–water partition coefficient (Wildman–Crippen LogP) is 3.28. The number of anilines is 1. The third kappa shape index (κ3) is 3.12. The molecule has 1 aliphatic carbocycles. The van der Waals surface area contributed by atoms with Gasteiger partial charge in [-0.3, -0.25) is 9.59 Å². The molecule has 0 aromatic heterocycles. The molecular weight excluding hydrogens is 288 g/mol. The number of piperidine rings is 1. The van der Waals surface area contributed by atoms with Crippen LogP contribution in [0.1, 0.15) is 43.7 Å².